The van der Waals surface area contributed by atoms with Crippen LogP contribution in [-0.4, -0.2) is 15.1 Å². The number of hydrogen-bond donors (Lipinski definition) is 1. The maximum absolute atomic E-state index is 10.1. The van der Waals surface area contributed by atoms with E-state index in [4.69, 9.17) is 0 Å². The van der Waals surface area contributed by atoms with Crippen LogP contribution < -0.4 is 0 Å². The van der Waals surface area contributed by atoms with Gasteiger partial charge in [-0.3, -0.25) is 4.98 Å². The first-order valence-electron chi connectivity index (χ1n) is 5.31. The smallest absolute Gasteiger partial charge is 0.103 e. The third-order valence-electron chi connectivity index (χ3n) is 2.47. The highest BCUT2D eigenvalue weighted by Crippen LogP contribution is 2.21. The summed E-state index contributed by atoms with van der Waals surface area (Å²) in [7, 11) is 0. The lowest BCUT2D eigenvalue weighted by Crippen LogP contribution is -2.07. The average Bonchev–Trinajstić information content (AvgIpc) is 2.81. The Morgan fingerprint density at radius 2 is 2.25 bits per heavy atom. The molecule has 0 aliphatic carbocycles. The largest absolute Gasteiger partial charge is 0.386 e. The summed E-state index contributed by atoms with van der Waals surface area (Å²) < 4.78 is 0. The predicted molar refractivity (Wildman–Crippen MR) is 64.4 cm³/mol. The summed E-state index contributed by atoms with van der Waals surface area (Å²) >= 11 is 1.56. The molecule has 0 aliphatic heterocycles. The third-order valence-corrected chi connectivity index (χ3v) is 3.28. The van der Waals surface area contributed by atoms with Crippen LogP contribution in [0.5, 0.6) is 0 Å². The van der Waals surface area contributed by atoms with Crippen LogP contribution in [0, 0.1) is 0 Å². The first kappa shape index (κ1) is 11.2. The van der Waals surface area contributed by atoms with Crippen molar-refractivity contribution in [3.8, 4) is 0 Å². The first-order valence-corrected chi connectivity index (χ1v) is 6.19. The lowest BCUT2D eigenvalue weighted by Gasteiger charge is -2.11. The first-order chi connectivity index (χ1) is 7.81. The van der Waals surface area contributed by atoms with Crippen LogP contribution in [0.25, 0.3) is 0 Å². The fourth-order valence-corrected chi connectivity index (χ4v) is 2.32. The maximum Gasteiger partial charge on any atom is 0.103 e. The predicted octanol–water partition coefficient (Wildman–Crippen LogP) is 2.38. The number of rotatable bonds is 4. The van der Waals surface area contributed by atoms with Crippen molar-refractivity contribution >= 4 is 11.3 Å². The number of hydrogen-bond acceptors (Lipinski definition) is 4. The minimum absolute atomic E-state index is 0.543. The van der Waals surface area contributed by atoms with E-state index in [0.29, 0.717) is 6.42 Å². The van der Waals surface area contributed by atoms with E-state index >= 15 is 0 Å². The Bertz CT molecular complexity index is 442. The van der Waals surface area contributed by atoms with Crippen molar-refractivity contribution in [1.82, 2.24) is 9.97 Å². The monoisotopic (exact) mass is 234 g/mol. The topological polar surface area (TPSA) is 46.0 Å². The summed E-state index contributed by atoms with van der Waals surface area (Å²) in [6, 6.07) is 3.91. The Morgan fingerprint density at radius 3 is 2.94 bits per heavy atom. The number of aliphatic hydroxyl groups excluding tert-OH is 1. The summed E-state index contributed by atoms with van der Waals surface area (Å²) in [4.78, 5) is 8.42. The lowest BCUT2D eigenvalue weighted by molar-refractivity contribution is 0.172. The summed E-state index contributed by atoms with van der Waals surface area (Å²) in [6.45, 7) is 2.07. The van der Waals surface area contributed by atoms with Crippen molar-refractivity contribution in [2.75, 3.05) is 0 Å². The Labute approximate surface area is 98.8 Å². The van der Waals surface area contributed by atoms with Gasteiger partial charge in [-0.05, 0) is 18.1 Å². The van der Waals surface area contributed by atoms with Crippen molar-refractivity contribution < 1.29 is 5.11 Å². The van der Waals surface area contributed by atoms with Crippen LogP contribution in [0.1, 0.15) is 29.3 Å². The second-order valence-corrected chi connectivity index (χ2v) is 4.53. The molecule has 1 N–H and O–H groups in total. The highest BCUT2D eigenvalue weighted by Gasteiger charge is 2.14. The minimum atomic E-state index is -0.553. The van der Waals surface area contributed by atoms with Crippen molar-refractivity contribution in [1.29, 1.82) is 0 Å². The fourth-order valence-electron chi connectivity index (χ4n) is 1.67. The van der Waals surface area contributed by atoms with E-state index in [-0.39, 0.29) is 0 Å². The molecule has 1 atom stereocenters. The molecule has 0 fully saturated rings. The van der Waals surface area contributed by atoms with Gasteiger partial charge < -0.3 is 5.11 Å². The van der Waals surface area contributed by atoms with E-state index in [9.17, 15) is 5.11 Å². The molecule has 2 rings (SSSR count). The summed E-state index contributed by atoms with van der Waals surface area (Å²) in [5, 5.41) is 13.0. The molecule has 0 spiro atoms. The van der Waals surface area contributed by atoms with Crippen LogP contribution in [0.4, 0.5) is 0 Å². The Balaban J connectivity index is 2.17. The molecule has 84 valence electrons. The quantitative estimate of drug-likeness (QED) is 0.883. The van der Waals surface area contributed by atoms with Gasteiger partial charge in [0.15, 0.2) is 0 Å². The van der Waals surface area contributed by atoms with E-state index in [0.717, 1.165) is 22.7 Å². The second-order valence-electron chi connectivity index (χ2n) is 3.55. The van der Waals surface area contributed by atoms with Crippen LogP contribution in [0.3, 0.4) is 0 Å². The number of aliphatic hydroxyl groups is 1. The van der Waals surface area contributed by atoms with Crippen molar-refractivity contribution in [3.63, 3.8) is 0 Å². The van der Waals surface area contributed by atoms with Crippen molar-refractivity contribution in [3.05, 3.63) is 46.2 Å². The average molecular weight is 234 g/mol. The molecule has 1 unspecified atom stereocenters. The highest BCUT2D eigenvalue weighted by molar-refractivity contribution is 7.09. The zero-order valence-electron chi connectivity index (χ0n) is 9.13. The molecule has 4 heteroatoms. The van der Waals surface area contributed by atoms with Gasteiger partial charge in [0.05, 0.1) is 10.7 Å². The van der Waals surface area contributed by atoms with Gasteiger partial charge in [0, 0.05) is 24.2 Å². The van der Waals surface area contributed by atoms with Gasteiger partial charge in [0.2, 0.25) is 0 Å². The highest BCUT2D eigenvalue weighted by atomic mass is 32.1. The number of aromatic nitrogens is 2. The molecule has 0 amide bonds. The molecule has 0 saturated carbocycles. The van der Waals surface area contributed by atoms with E-state index in [2.05, 4.69) is 16.9 Å². The molecule has 3 nitrogen and oxygen atoms in total. The molecule has 2 heterocycles. The molecule has 0 radical (unpaired) electrons. The van der Waals surface area contributed by atoms with E-state index in [1.54, 1.807) is 23.7 Å². The Hall–Kier alpha value is -1.26. The number of nitrogens with zero attached hydrogens (tertiary/aromatic N) is 2. The third kappa shape index (κ3) is 2.46. The van der Waals surface area contributed by atoms with Gasteiger partial charge in [-0.1, -0.05) is 13.0 Å². The molecular formula is C12H14N2OS. The minimum Gasteiger partial charge on any atom is -0.386 e. The van der Waals surface area contributed by atoms with Crippen LogP contribution in [0.2, 0.25) is 0 Å². The zero-order valence-corrected chi connectivity index (χ0v) is 9.94. The molecular weight excluding hydrogens is 220 g/mol. The van der Waals surface area contributed by atoms with E-state index in [1.165, 1.54) is 0 Å². The van der Waals surface area contributed by atoms with Crippen LogP contribution >= 0.6 is 11.3 Å². The molecule has 0 aromatic carbocycles. The van der Waals surface area contributed by atoms with Gasteiger partial charge in [-0.25, -0.2) is 4.98 Å². The molecule has 0 bridgehead atoms. The maximum atomic E-state index is 10.1. The summed E-state index contributed by atoms with van der Waals surface area (Å²) in [5.41, 5.74) is 1.88. The zero-order chi connectivity index (χ0) is 11.4. The van der Waals surface area contributed by atoms with Gasteiger partial charge in [-0.2, -0.15) is 0 Å². The lowest BCUT2D eigenvalue weighted by atomic mass is 10.1. The number of pyridine rings is 1. The molecule has 2 aromatic rings. The standard InChI is InChI=1S/C12H14N2OS/c1-2-9-4-3-5-14-12(9)10(15)8-11-13-6-7-16-11/h3-7,10,15H,2,8H2,1H3. The molecule has 0 saturated heterocycles. The number of aryl methyl sites for hydroxylation is 1. The summed E-state index contributed by atoms with van der Waals surface area (Å²) in [5.74, 6) is 0. The Morgan fingerprint density at radius 1 is 1.38 bits per heavy atom. The van der Waals surface area contributed by atoms with E-state index < -0.39 is 6.10 Å². The van der Waals surface area contributed by atoms with Gasteiger partial charge >= 0.3 is 0 Å². The molecule has 0 aliphatic rings. The van der Waals surface area contributed by atoms with Gasteiger partial charge in [0.1, 0.15) is 6.10 Å². The SMILES string of the molecule is CCc1cccnc1C(O)Cc1nccs1. The summed E-state index contributed by atoms with van der Waals surface area (Å²) in [6.07, 6.45) is 4.35. The fraction of sp³-hybridized carbons (Fsp3) is 0.333. The second kappa shape index (κ2) is 5.18. The van der Waals surface area contributed by atoms with Crippen LogP contribution in [-0.2, 0) is 12.8 Å². The van der Waals surface area contributed by atoms with Crippen molar-refractivity contribution in [2.45, 2.75) is 25.9 Å². The molecule has 16 heavy (non-hydrogen) atoms. The normalized spacial score (nSPS) is 12.6. The van der Waals surface area contributed by atoms with E-state index in [1.807, 2.05) is 17.5 Å². The molecule has 2 aromatic heterocycles. The van der Waals surface area contributed by atoms with Gasteiger partial charge in [-0.15, -0.1) is 11.3 Å². The van der Waals surface area contributed by atoms with Crippen molar-refractivity contribution in [2.24, 2.45) is 0 Å². The van der Waals surface area contributed by atoms with Gasteiger partial charge in [0.25, 0.3) is 0 Å². The van der Waals surface area contributed by atoms with Crippen LogP contribution in [0.15, 0.2) is 29.9 Å². The Kier molecular flexibility index (Phi) is 3.64. The number of thiazole rings is 1.